The van der Waals surface area contributed by atoms with Crippen LogP contribution in [0.3, 0.4) is 0 Å². The van der Waals surface area contributed by atoms with Gasteiger partial charge in [0.15, 0.2) is 0 Å². The molecule has 1 aromatic carbocycles. The zero-order valence-corrected chi connectivity index (χ0v) is 12.2. The average Bonchev–Trinajstić information content (AvgIpc) is 2.32. The Morgan fingerprint density at radius 2 is 2.05 bits per heavy atom. The first-order chi connectivity index (χ1) is 8.97. The molecule has 0 aliphatic rings. The minimum atomic E-state index is -0.745. The van der Waals surface area contributed by atoms with E-state index in [-0.39, 0.29) is 5.56 Å². The van der Waals surface area contributed by atoms with Crippen molar-refractivity contribution in [2.24, 2.45) is 0 Å². The van der Waals surface area contributed by atoms with E-state index in [2.05, 4.69) is 10.3 Å². The van der Waals surface area contributed by atoms with Gasteiger partial charge in [0.1, 0.15) is 5.56 Å². The molecule has 0 unspecified atom stereocenters. The number of nitrogens with one attached hydrogen (secondary N) is 3. The predicted octanol–water partition coefficient (Wildman–Crippen LogP) is 1.57. The molecule has 98 valence electrons. The summed E-state index contributed by atoms with van der Waals surface area (Å²) in [4.78, 5) is 38.4. The lowest BCUT2D eigenvalue weighted by molar-refractivity contribution is 0.102. The third-order valence-electron chi connectivity index (χ3n) is 2.24. The molecule has 0 saturated heterocycles. The van der Waals surface area contributed by atoms with Crippen LogP contribution in [0.15, 0.2) is 34.0 Å². The second-order valence-corrected chi connectivity index (χ2v) is 5.16. The maximum Gasteiger partial charge on any atom is 0.325 e. The molecule has 0 atom stereocenters. The third kappa shape index (κ3) is 3.24. The Balaban J connectivity index is 2.31. The Morgan fingerprint density at radius 3 is 2.68 bits per heavy atom. The van der Waals surface area contributed by atoms with Crippen LogP contribution in [0.4, 0.5) is 5.69 Å². The summed E-state index contributed by atoms with van der Waals surface area (Å²) in [7, 11) is 0. The normalized spacial score (nSPS) is 10.2. The lowest BCUT2D eigenvalue weighted by Gasteiger charge is -2.06. The molecule has 19 heavy (non-hydrogen) atoms. The molecule has 6 nitrogen and oxygen atoms in total. The Bertz CT molecular complexity index is 753. The van der Waals surface area contributed by atoms with E-state index in [1.165, 1.54) is 0 Å². The molecule has 0 spiro atoms. The van der Waals surface area contributed by atoms with Gasteiger partial charge >= 0.3 is 5.69 Å². The summed E-state index contributed by atoms with van der Waals surface area (Å²) in [6, 6.07) is 4.92. The molecule has 1 aromatic heterocycles. The van der Waals surface area contributed by atoms with Crippen molar-refractivity contribution in [1.82, 2.24) is 9.97 Å². The molecule has 0 fully saturated rings. The number of carbonyl (C=O) groups is 1. The number of H-pyrrole nitrogens is 2. The van der Waals surface area contributed by atoms with Crippen molar-refractivity contribution in [3.05, 3.63) is 59.4 Å². The van der Waals surface area contributed by atoms with Gasteiger partial charge < -0.3 is 10.3 Å². The summed E-state index contributed by atoms with van der Waals surface area (Å²) in [5.41, 5.74) is -1.06. The van der Waals surface area contributed by atoms with Crippen LogP contribution in [-0.2, 0) is 0 Å². The Labute approximate surface area is 125 Å². The molecule has 0 aliphatic heterocycles. The smallest absolute Gasteiger partial charge is 0.321 e. The van der Waals surface area contributed by atoms with Crippen molar-refractivity contribution in [1.29, 1.82) is 0 Å². The van der Waals surface area contributed by atoms with Crippen LogP contribution in [0.5, 0.6) is 0 Å². The first kappa shape index (κ1) is 13.8. The fourth-order valence-electron chi connectivity index (χ4n) is 1.36. The molecule has 0 saturated carbocycles. The van der Waals surface area contributed by atoms with Gasteiger partial charge in [-0.2, -0.15) is 0 Å². The zero-order chi connectivity index (χ0) is 14.0. The highest BCUT2D eigenvalue weighted by molar-refractivity contribution is 14.1. The highest BCUT2D eigenvalue weighted by Crippen LogP contribution is 2.22. The molecule has 0 aliphatic carbocycles. The molecule has 8 heteroatoms. The molecule has 1 heterocycles. The number of benzene rings is 1. The van der Waals surface area contributed by atoms with Gasteiger partial charge in [-0.05, 0) is 40.8 Å². The largest absolute Gasteiger partial charge is 0.325 e. The highest BCUT2D eigenvalue weighted by Gasteiger charge is 2.12. The summed E-state index contributed by atoms with van der Waals surface area (Å²) < 4.78 is 0.735. The highest BCUT2D eigenvalue weighted by atomic mass is 127. The third-order valence-corrected chi connectivity index (χ3v) is 3.37. The standard InChI is InChI=1S/C11H7ClIN3O3/c12-5-1-2-8(7(13)3-5)15-9(17)6-4-14-11(19)16-10(6)18/h1-4H,(H,15,17)(H2,14,16,18,19). The number of anilines is 1. The second kappa shape index (κ2) is 5.57. The van der Waals surface area contributed by atoms with E-state index in [1.54, 1.807) is 18.2 Å². The SMILES string of the molecule is O=C(Nc1ccc(Cl)cc1I)c1c[nH]c(=O)[nH]c1=O. The van der Waals surface area contributed by atoms with Gasteiger partial charge in [-0.1, -0.05) is 11.6 Å². The zero-order valence-electron chi connectivity index (χ0n) is 9.29. The van der Waals surface area contributed by atoms with Crippen molar-refractivity contribution in [3.8, 4) is 0 Å². The fraction of sp³-hybridized carbons (Fsp3) is 0. The van der Waals surface area contributed by atoms with Gasteiger partial charge in [0, 0.05) is 14.8 Å². The van der Waals surface area contributed by atoms with Crippen LogP contribution in [-0.4, -0.2) is 15.9 Å². The maximum atomic E-state index is 11.9. The number of rotatable bonds is 2. The van der Waals surface area contributed by atoms with E-state index in [4.69, 9.17) is 11.6 Å². The van der Waals surface area contributed by atoms with E-state index < -0.39 is 17.2 Å². The average molecular weight is 392 g/mol. The predicted molar refractivity (Wildman–Crippen MR) is 79.8 cm³/mol. The molecule has 0 radical (unpaired) electrons. The van der Waals surface area contributed by atoms with Gasteiger partial charge in [-0.15, -0.1) is 0 Å². The maximum absolute atomic E-state index is 11.9. The number of aromatic amines is 2. The van der Waals surface area contributed by atoms with E-state index in [0.717, 1.165) is 9.77 Å². The number of carbonyl (C=O) groups excluding carboxylic acids is 1. The van der Waals surface area contributed by atoms with E-state index in [9.17, 15) is 14.4 Å². The number of halogens is 2. The first-order valence-electron chi connectivity index (χ1n) is 5.06. The van der Waals surface area contributed by atoms with E-state index in [0.29, 0.717) is 10.7 Å². The molecular formula is C11H7ClIN3O3. The number of hydrogen-bond acceptors (Lipinski definition) is 3. The lowest BCUT2D eigenvalue weighted by Crippen LogP contribution is -2.29. The van der Waals surface area contributed by atoms with Gasteiger partial charge in [0.25, 0.3) is 11.5 Å². The summed E-state index contributed by atoms with van der Waals surface area (Å²) in [6.07, 6.45) is 1.07. The molecule has 2 aromatic rings. The molecule has 3 N–H and O–H groups in total. The number of aromatic nitrogens is 2. The lowest BCUT2D eigenvalue weighted by atomic mass is 10.2. The van der Waals surface area contributed by atoms with Gasteiger partial charge in [-0.3, -0.25) is 14.6 Å². The molecule has 2 rings (SSSR count). The summed E-state index contributed by atoms with van der Waals surface area (Å²) in [5.74, 6) is -0.613. The van der Waals surface area contributed by atoms with Crippen molar-refractivity contribution >= 4 is 45.8 Å². The second-order valence-electron chi connectivity index (χ2n) is 3.56. The van der Waals surface area contributed by atoms with Crippen LogP contribution in [0.25, 0.3) is 0 Å². The quantitative estimate of drug-likeness (QED) is 0.678. The van der Waals surface area contributed by atoms with Crippen LogP contribution in [0, 0.1) is 3.57 Å². The molecule has 1 amide bonds. The minimum Gasteiger partial charge on any atom is -0.321 e. The topological polar surface area (TPSA) is 94.8 Å². The Kier molecular flexibility index (Phi) is 4.05. The van der Waals surface area contributed by atoms with Gasteiger partial charge in [-0.25, -0.2) is 4.79 Å². The van der Waals surface area contributed by atoms with E-state index >= 15 is 0 Å². The number of hydrogen-bond donors (Lipinski definition) is 3. The van der Waals surface area contributed by atoms with Crippen LogP contribution >= 0.6 is 34.2 Å². The van der Waals surface area contributed by atoms with Crippen molar-refractivity contribution in [3.63, 3.8) is 0 Å². The van der Waals surface area contributed by atoms with Crippen LogP contribution in [0.2, 0.25) is 5.02 Å². The van der Waals surface area contributed by atoms with Crippen molar-refractivity contribution < 1.29 is 4.79 Å². The van der Waals surface area contributed by atoms with Crippen molar-refractivity contribution in [2.75, 3.05) is 5.32 Å². The minimum absolute atomic E-state index is 0.176. The summed E-state index contributed by atoms with van der Waals surface area (Å²) in [6.45, 7) is 0. The van der Waals surface area contributed by atoms with Gasteiger partial charge in [0.05, 0.1) is 5.69 Å². The van der Waals surface area contributed by atoms with Gasteiger partial charge in [0.2, 0.25) is 0 Å². The molecular weight excluding hydrogens is 384 g/mol. The Hall–Kier alpha value is -1.61. The van der Waals surface area contributed by atoms with Crippen molar-refractivity contribution in [2.45, 2.75) is 0 Å². The van der Waals surface area contributed by atoms with Crippen LogP contribution < -0.4 is 16.6 Å². The van der Waals surface area contributed by atoms with E-state index in [1.807, 2.05) is 27.6 Å². The number of amides is 1. The van der Waals surface area contributed by atoms with Crippen LogP contribution in [0.1, 0.15) is 10.4 Å². The Morgan fingerprint density at radius 1 is 1.32 bits per heavy atom. The summed E-state index contributed by atoms with van der Waals surface area (Å²) in [5, 5.41) is 3.11. The monoisotopic (exact) mass is 391 g/mol. The fourth-order valence-corrected chi connectivity index (χ4v) is 2.37. The summed E-state index contributed by atoms with van der Waals surface area (Å²) >= 11 is 7.81. The first-order valence-corrected chi connectivity index (χ1v) is 6.51. The molecule has 0 bridgehead atoms.